The lowest BCUT2D eigenvalue weighted by Crippen LogP contribution is -2.43. The maximum Gasteiger partial charge on any atom is 0.107 e. The summed E-state index contributed by atoms with van der Waals surface area (Å²) >= 11 is 5.64. The Kier molecular flexibility index (Phi) is 4.20. The van der Waals surface area contributed by atoms with Gasteiger partial charge < -0.3 is 10.2 Å². The Morgan fingerprint density at radius 3 is 1.40 bits per heavy atom. The summed E-state index contributed by atoms with van der Waals surface area (Å²) in [7, 11) is 0. The molecule has 0 bridgehead atoms. The third kappa shape index (κ3) is 2.84. The molecule has 0 radical (unpaired) electrons. The zero-order chi connectivity index (χ0) is 8.31. The highest BCUT2D eigenvalue weighted by Crippen LogP contribution is 2.09. The third-order valence-corrected chi connectivity index (χ3v) is 1.50. The van der Waals surface area contributed by atoms with Gasteiger partial charge in [-0.05, 0) is 20.8 Å². The van der Waals surface area contributed by atoms with E-state index in [9.17, 15) is 0 Å². The van der Waals surface area contributed by atoms with Crippen molar-refractivity contribution in [3.05, 3.63) is 0 Å². The fourth-order valence-corrected chi connectivity index (χ4v) is 1.23. The SMILES string of the molecule is CC(O)N(C(C)O)C(C)Cl. The van der Waals surface area contributed by atoms with Crippen LogP contribution in [0.2, 0.25) is 0 Å². The van der Waals surface area contributed by atoms with Crippen molar-refractivity contribution in [1.29, 1.82) is 0 Å². The number of aliphatic hydroxyl groups is 2. The molecule has 0 rings (SSSR count). The zero-order valence-electron chi connectivity index (χ0n) is 6.45. The van der Waals surface area contributed by atoms with Gasteiger partial charge in [0.2, 0.25) is 0 Å². The summed E-state index contributed by atoms with van der Waals surface area (Å²) in [5, 5.41) is 18.1. The van der Waals surface area contributed by atoms with Crippen molar-refractivity contribution in [2.24, 2.45) is 0 Å². The van der Waals surface area contributed by atoms with Crippen LogP contribution in [-0.4, -0.2) is 33.1 Å². The van der Waals surface area contributed by atoms with Gasteiger partial charge in [0.25, 0.3) is 0 Å². The van der Waals surface area contributed by atoms with Gasteiger partial charge in [0.05, 0.1) is 5.50 Å². The van der Waals surface area contributed by atoms with E-state index < -0.39 is 12.5 Å². The molecule has 0 aliphatic heterocycles. The van der Waals surface area contributed by atoms with Crippen LogP contribution in [0.15, 0.2) is 0 Å². The van der Waals surface area contributed by atoms with E-state index in [0.717, 1.165) is 0 Å². The van der Waals surface area contributed by atoms with Crippen molar-refractivity contribution < 1.29 is 10.2 Å². The first-order valence-corrected chi connectivity index (χ1v) is 3.68. The number of alkyl halides is 1. The Bertz CT molecular complexity index is 76.7. The number of aliphatic hydroxyl groups excluding tert-OH is 2. The lowest BCUT2D eigenvalue weighted by Gasteiger charge is -2.30. The summed E-state index contributed by atoms with van der Waals surface area (Å²) in [5.41, 5.74) is -0.361. The van der Waals surface area contributed by atoms with Crippen LogP contribution >= 0.6 is 11.6 Å². The van der Waals surface area contributed by atoms with E-state index in [-0.39, 0.29) is 5.50 Å². The van der Waals surface area contributed by atoms with Gasteiger partial charge in [-0.3, -0.25) is 0 Å². The first-order chi connectivity index (χ1) is 4.46. The largest absolute Gasteiger partial charge is 0.379 e. The van der Waals surface area contributed by atoms with E-state index in [0.29, 0.717) is 0 Å². The molecule has 0 saturated carbocycles. The van der Waals surface area contributed by atoms with E-state index in [1.54, 1.807) is 20.8 Å². The van der Waals surface area contributed by atoms with Crippen LogP contribution in [0.5, 0.6) is 0 Å². The van der Waals surface area contributed by atoms with Crippen LogP contribution in [0.25, 0.3) is 0 Å². The van der Waals surface area contributed by atoms with Crippen LogP contribution in [0.3, 0.4) is 0 Å². The lowest BCUT2D eigenvalue weighted by atomic mass is 10.4. The molecule has 3 nitrogen and oxygen atoms in total. The summed E-state index contributed by atoms with van der Waals surface area (Å²) in [4.78, 5) is 1.38. The van der Waals surface area contributed by atoms with E-state index in [1.807, 2.05) is 0 Å². The van der Waals surface area contributed by atoms with Gasteiger partial charge in [-0.25, -0.2) is 4.90 Å². The number of hydrogen-bond acceptors (Lipinski definition) is 3. The molecule has 3 atom stereocenters. The molecule has 0 aromatic heterocycles. The van der Waals surface area contributed by atoms with E-state index in [2.05, 4.69) is 0 Å². The van der Waals surface area contributed by atoms with Crippen LogP contribution in [-0.2, 0) is 0 Å². The highest BCUT2D eigenvalue weighted by atomic mass is 35.5. The van der Waals surface area contributed by atoms with Crippen molar-refractivity contribution in [2.45, 2.75) is 38.7 Å². The Hall–Kier alpha value is 0.170. The Balaban J connectivity index is 3.98. The van der Waals surface area contributed by atoms with Gasteiger partial charge in [0, 0.05) is 0 Å². The average Bonchev–Trinajstić information content (AvgIpc) is 1.59. The fraction of sp³-hybridized carbons (Fsp3) is 1.00. The van der Waals surface area contributed by atoms with Crippen molar-refractivity contribution in [2.75, 3.05) is 0 Å². The minimum Gasteiger partial charge on any atom is -0.379 e. The number of rotatable bonds is 3. The molecule has 0 aromatic carbocycles. The second-order valence-corrected chi connectivity index (χ2v) is 2.92. The first-order valence-electron chi connectivity index (χ1n) is 3.24. The summed E-state index contributed by atoms with van der Waals surface area (Å²) in [6, 6.07) is 0. The normalized spacial score (nSPS) is 20.7. The minimum absolute atomic E-state index is 0.361. The molecule has 3 unspecified atom stereocenters. The van der Waals surface area contributed by atoms with Gasteiger partial charge in [-0.2, -0.15) is 0 Å². The topological polar surface area (TPSA) is 43.7 Å². The van der Waals surface area contributed by atoms with Gasteiger partial charge in [0.15, 0.2) is 0 Å². The smallest absolute Gasteiger partial charge is 0.107 e. The summed E-state index contributed by atoms with van der Waals surface area (Å²) in [6.07, 6.45) is -1.43. The number of halogens is 1. The van der Waals surface area contributed by atoms with Crippen LogP contribution in [0, 0.1) is 0 Å². The number of hydrogen-bond donors (Lipinski definition) is 2. The number of nitrogens with zero attached hydrogens (tertiary/aromatic N) is 1. The highest BCUT2D eigenvalue weighted by molar-refractivity contribution is 6.20. The van der Waals surface area contributed by atoms with Gasteiger partial charge in [0.1, 0.15) is 12.5 Å². The summed E-state index contributed by atoms with van der Waals surface area (Å²) in [5.74, 6) is 0. The van der Waals surface area contributed by atoms with Gasteiger partial charge >= 0.3 is 0 Å². The monoisotopic (exact) mass is 167 g/mol. The molecule has 0 heterocycles. The predicted octanol–water partition coefficient (Wildman–Crippen LogP) is 0.550. The zero-order valence-corrected chi connectivity index (χ0v) is 7.21. The predicted molar refractivity (Wildman–Crippen MR) is 40.5 cm³/mol. The standard InChI is InChI=1S/C6H14ClNO2/c1-4(7)8(5(2)9)6(3)10/h4-6,9-10H,1-3H3. The second kappa shape index (κ2) is 4.13. The van der Waals surface area contributed by atoms with Crippen molar-refractivity contribution >= 4 is 11.6 Å². The second-order valence-electron chi connectivity index (χ2n) is 2.28. The fourth-order valence-electron chi connectivity index (χ4n) is 0.907. The van der Waals surface area contributed by atoms with Crippen molar-refractivity contribution in [3.8, 4) is 0 Å². The van der Waals surface area contributed by atoms with Crippen molar-refractivity contribution in [1.82, 2.24) is 4.90 Å². The third-order valence-electron chi connectivity index (χ3n) is 1.27. The molecule has 0 saturated heterocycles. The van der Waals surface area contributed by atoms with Crippen molar-refractivity contribution in [3.63, 3.8) is 0 Å². The van der Waals surface area contributed by atoms with Crippen LogP contribution < -0.4 is 0 Å². The Morgan fingerprint density at radius 2 is 1.40 bits per heavy atom. The Labute approximate surface area is 66.2 Å². The average molecular weight is 168 g/mol. The Morgan fingerprint density at radius 1 is 1.10 bits per heavy atom. The quantitative estimate of drug-likeness (QED) is 0.367. The molecule has 0 fully saturated rings. The van der Waals surface area contributed by atoms with E-state index in [1.165, 1.54) is 4.90 Å². The summed E-state index contributed by atoms with van der Waals surface area (Å²) < 4.78 is 0. The molecule has 0 aliphatic rings. The molecule has 0 aliphatic carbocycles. The van der Waals surface area contributed by atoms with E-state index >= 15 is 0 Å². The molecule has 10 heavy (non-hydrogen) atoms. The highest BCUT2D eigenvalue weighted by Gasteiger charge is 2.20. The van der Waals surface area contributed by atoms with Gasteiger partial charge in [-0.15, -0.1) is 11.6 Å². The lowest BCUT2D eigenvalue weighted by molar-refractivity contribution is -0.0894. The minimum atomic E-state index is -0.715. The first kappa shape index (κ1) is 10.2. The van der Waals surface area contributed by atoms with E-state index in [4.69, 9.17) is 21.8 Å². The van der Waals surface area contributed by atoms with Crippen LogP contribution in [0.4, 0.5) is 0 Å². The van der Waals surface area contributed by atoms with Gasteiger partial charge in [-0.1, -0.05) is 0 Å². The van der Waals surface area contributed by atoms with Crippen LogP contribution in [0.1, 0.15) is 20.8 Å². The molecular weight excluding hydrogens is 154 g/mol. The molecule has 0 aromatic rings. The summed E-state index contributed by atoms with van der Waals surface area (Å²) in [6.45, 7) is 4.82. The molecule has 4 heteroatoms. The molecule has 2 N–H and O–H groups in total. The molecule has 62 valence electrons. The maximum atomic E-state index is 9.03. The molecular formula is C6H14ClNO2. The maximum absolute atomic E-state index is 9.03. The molecule has 0 spiro atoms. The molecule has 0 amide bonds.